The molecule has 6 nitrogen and oxygen atoms in total. The van der Waals surface area contributed by atoms with E-state index >= 15 is 0 Å². The first kappa shape index (κ1) is 18.1. The standard InChI is InChI=1S/C19H21N5OS/c1-4-14-5-7-16(8-6-14)21-18(25)13(2)26-19-23-22-17(24(19)3)15-9-11-20-12-10-15/h5-13H,4H2,1-3H3,(H,21,25)/t13-/m1/s1. The van der Waals surface area contributed by atoms with E-state index in [4.69, 9.17) is 0 Å². The van der Waals surface area contributed by atoms with E-state index in [-0.39, 0.29) is 11.2 Å². The number of nitrogens with one attached hydrogen (secondary N) is 1. The normalized spacial score (nSPS) is 12.0. The van der Waals surface area contributed by atoms with Crippen LogP contribution in [0, 0.1) is 0 Å². The average molecular weight is 367 g/mol. The molecule has 2 heterocycles. The fourth-order valence-corrected chi connectivity index (χ4v) is 3.26. The lowest BCUT2D eigenvalue weighted by molar-refractivity contribution is -0.115. The summed E-state index contributed by atoms with van der Waals surface area (Å²) < 4.78 is 1.89. The molecule has 0 bridgehead atoms. The van der Waals surface area contributed by atoms with Crippen LogP contribution in [0.4, 0.5) is 5.69 Å². The van der Waals surface area contributed by atoms with Gasteiger partial charge in [-0.3, -0.25) is 9.78 Å². The largest absolute Gasteiger partial charge is 0.325 e. The molecule has 0 spiro atoms. The second-order valence-corrected chi connectivity index (χ2v) is 7.21. The highest BCUT2D eigenvalue weighted by atomic mass is 32.2. The van der Waals surface area contributed by atoms with E-state index in [1.54, 1.807) is 12.4 Å². The summed E-state index contributed by atoms with van der Waals surface area (Å²) in [4.78, 5) is 16.5. The molecule has 7 heteroatoms. The van der Waals surface area contributed by atoms with Gasteiger partial charge in [-0.05, 0) is 43.2 Å². The van der Waals surface area contributed by atoms with Gasteiger partial charge in [0.1, 0.15) is 0 Å². The number of aryl methyl sites for hydroxylation is 1. The predicted molar refractivity (Wildman–Crippen MR) is 104 cm³/mol. The molecule has 1 amide bonds. The van der Waals surface area contributed by atoms with Crippen LogP contribution in [0.15, 0.2) is 53.9 Å². The Labute approximate surface area is 157 Å². The predicted octanol–water partition coefficient (Wildman–Crippen LogP) is 3.56. The third-order valence-electron chi connectivity index (χ3n) is 4.05. The van der Waals surface area contributed by atoms with Crippen LogP contribution in [0.3, 0.4) is 0 Å². The average Bonchev–Trinajstić information content (AvgIpc) is 3.03. The summed E-state index contributed by atoms with van der Waals surface area (Å²) in [5.41, 5.74) is 2.98. The number of hydrogen-bond donors (Lipinski definition) is 1. The molecule has 3 rings (SSSR count). The van der Waals surface area contributed by atoms with Crippen LogP contribution in [0.25, 0.3) is 11.4 Å². The molecule has 2 aromatic heterocycles. The van der Waals surface area contributed by atoms with Crippen LogP contribution >= 0.6 is 11.8 Å². The maximum absolute atomic E-state index is 12.5. The van der Waals surface area contributed by atoms with Gasteiger partial charge in [0.25, 0.3) is 0 Å². The summed E-state index contributed by atoms with van der Waals surface area (Å²) in [5.74, 6) is 0.686. The lowest BCUT2D eigenvalue weighted by Gasteiger charge is -2.12. The third kappa shape index (κ3) is 4.11. The van der Waals surface area contributed by atoms with E-state index in [0.29, 0.717) is 5.16 Å². The fourth-order valence-electron chi connectivity index (χ4n) is 2.45. The van der Waals surface area contributed by atoms with Gasteiger partial charge in [0, 0.05) is 30.7 Å². The van der Waals surface area contributed by atoms with Crippen LogP contribution in [0.1, 0.15) is 19.4 Å². The fraction of sp³-hybridized carbons (Fsp3) is 0.263. The molecule has 0 radical (unpaired) electrons. The molecule has 0 aliphatic heterocycles. The number of hydrogen-bond acceptors (Lipinski definition) is 5. The lowest BCUT2D eigenvalue weighted by Crippen LogP contribution is -2.22. The first-order valence-corrected chi connectivity index (χ1v) is 9.32. The SMILES string of the molecule is CCc1ccc(NC(=O)[C@@H](C)Sc2nnc(-c3ccncc3)n2C)cc1. The van der Waals surface area contributed by atoms with Crippen molar-refractivity contribution in [2.24, 2.45) is 7.05 Å². The zero-order chi connectivity index (χ0) is 18.5. The quantitative estimate of drug-likeness (QED) is 0.675. The van der Waals surface area contributed by atoms with Gasteiger partial charge in [-0.25, -0.2) is 0 Å². The Morgan fingerprint density at radius 1 is 1.15 bits per heavy atom. The monoisotopic (exact) mass is 367 g/mol. The van der Waals surface area contributed by atoms with E-state index in [2.05, 4.69) is 27.4 Å². The molecule has 1 N–H and O–H groups in total. The minimum absolute atomic E-state index is 0.0623. The molecule has 0 fully saturated rings. The van der Waals surface area contributed by atoms with E-state index in [1.807, 2.05) is 54.9 Å². The molecule has 0 unspecified atom stereocenters. The number of anilines is 1. The van der Waals surface area contributed by atoms with Gasteiger partial charge in [0.15, 0.2) is 11.0 Å². The minimum Gasteiger partial charge on any atom is -0.325 e. The molecular weight excluding hydrogens is 346 g/mol. The number of amides is 1. The highest BCUT2D eigenvalue weighted by Crippen LogP contribution is 2.26. The summed E-state index contributed by atoms with van der Waals surface area (Å²) in [6.45, 7) is 3.97. The Balaban J connectivity index is 1.66. The number of rotatable bonds is 6. The summed E-state index contributed by atoms with van der Waals surface area (Å²) in [5, 5.41) is 11.8. The van der Waals surface area contributed by atoms with Crippen molar-refractivity contribution in [1.29, 1.82) is 0 Å². The summed E-state index contributed by atoms with van der Waals surface area (Å²) in [7, 11) is 1.90. The van der Waals surface area contributed by atoms with E-state index in [1.165, 1.54) is 17.3 Å². The van der Waals surface area contributed by atoms with Crippen molar-refractivity contribution in [3.63, 3.8) is 0 Å². The highest BCUT2D eigenvalue weighted by molar-refractivity contribution is 8.00. The van der Waals surface area contributed by atoms with Crippen LogP contribution in [0.5, 0.6) is 0 Å². The maximum atomic E-state index is 12.5. The molecule has 134 valence electrons. The number of aromatic nitrogens is 4. The van der Waals surface area contributed by atoms with Gasteiger partial charge in [-0.1, -0.05) is 30.8 Å². The van der Waals surface area contributed by atoms with Gasteiger partial charge >= 0.3 is 0 Å². The summed E-state index contributed by atoms with van der Waals surface area (Å²) in [6, 6.07) is 11.7. The molecule has 1 aromatic carbocycles. The van der Waals surface area contributed by atoms with Crippen LogP contribution in [-0.4, -0.2) is 30.9 Å². The number of carbonyl (C=O) groups is 1. The van der Waals surface area contributed by atoms with E-state index in [9.17, 15) is 4.79 Å². The summed E-state index contributed by atoms with van der Waals surface area (Å²) >= 11 is 1.38. The number of nitrogens with zero attached hydrogens (tertiary/aromatic N) is 4. The molecule has 3 aromatic rings. The molecule has 26 heavy (non-hydrogen) atoms. The number of thioether (sulfide) groups is 1. The van der Waals surface area contributed by atoms with E-state index < -0.39 is 0 Å². The first-order valence-electron chi connectivity index (χ1n) is 8.44. The Morgan fingerprint density at radius 2 is 1.85 bits per heavy atom. The van der Waals surface area contributed by atoms with Crippen molar-refractivity contribution in [3.8, 4) is 11.4 Å². The zero-order valence-corrected chi connectivity index (χ0v) is 15.8. The zero-order valence-electron chi connectivity index (χ0n) is 15.0. The van der Waals surface area contributed by atoms with Gasteiger partial charge in [0.2, 0.25) is 5.91 Å². The molecule has 0 aliphatic carbocycles. The van der Waals surface area contributed by atoms with Crippen molar-refractivity contribution >= 4 is 23.4 Å². The second-order valence-electron chi connectivity index (χ2n) is 5.90. The second kappa shape index (κ2) is 8.14. The molecule has 0 aliphatic rings. The van der Waals surface area contributed by atoms with Crippen molar-refractivity contribution in [2.75, 3.05) is 5.32 Å². The molecule has 0 saturated heterocycles. The Kier molecular flexibility index (Phi) is 5.68. The van der Waals surface area contributed by atoms with Gasteiger partial charge in [0.05, 0.1) is 5.25 Å². The first-order chi connectivity index (χ1) is 12.6. The lowest BCUT2D eigenvalue weighted by atomic mass is 10.1. The number of pyridine rings is 1. The van der Waals surface area contributed by atoms with Crippen LogP contribution in [0.2, 0.25) is 0 Å². The van der Waals surface area contributed by atoms with Gasteiger partial charge in [-0.2, -0.15) is 0 Å². The van der Waals surface area contributed by atoms with Crippen molar-refractivity contribution in [3.05, 3.63) is 54.4 Å². The topological polar surface area (TPSA) is 72.7 Å². The third-order valence-corrected chi connectivity index (χ3v) is 5.19. The Hall–Kier alpha value is -2.67. The Bertz CT molecular complexity index is 877. The molecular formula is C19H21N5OS. The summed E-state index contributed by atoms with van der Waals surface area (Å²) in [6.07, 6.45) is 4.42. The van der Waals surface area contributed by atoms with Crippen molar-refractivity contribution in [2.45, 2.75) is 30.7 Å². The minimum atomic E-state index is -0.297. The van der Waals surface area contributed by atoms with Gasteiger partial charge < -0.3 is 9.88 Å². The van der Waals surface area contributed by atoms with Crippen molar-refractivity contribution in [1.82, 2.24) is 19.7 Å². The van der Waals surface area contributed by atoms with Crippen molar-refractivity contribution < 1.29 is 4.79 Å². The Morgan fingerprint density at radius 3 is 2.50 bits per heavy atom. The number of carbonyl (C=O) groups excluding carboxylic acids is 1. The highest BCUT2D eigenvalue weighted by Gasteiger charge is 2.19. The van der Waals surface area contributed by atoms with Crippen LogP contribution < -0.4 is 5.32 Å². The van der Waals surface area contributed by atoms with Gasteiger partial charge in [-0.15, -0.1) is 10.2 Å². The molecule has 1 atom stereocenters. The maximum Gasteiger partial charge on any atom is 0.237 e. The van der Waals surface area contributed by atoms with Crippen LogP contribution in [-0.2, 0) is 18.3 Å². The smallest absolute Gasteiger partial charge is 0.237 e. The number of benzene rings is 1. The molecule has 0 saturated carbocycles. The van der Waals surface area contributed by atoms with E-state index in [0.717, 1.165) is 23.5 Å².